The number of nitrogens with one attached hydrogen (secondary N) is 1. The van der Waals surface area contributed by atoms with Gasteiger partial charge in [0.1, 0.15) is 0 Å². The minimum Gasteiger partial charge on any atom is -0.380 e. The molecule has 4 nitrogen and oxygen atoms in total. The SMILES string of the molecule is CS(=O)(=O)c1ccc(NCc2cc(Cl)ccc2Br)cn1. The molecule has 1 heterocycles. The van der Waals surface area contributed by atoms with Crippen molar-refractivity contribution < 1.29 is 8.42 Å². The van der Waals surface area contributed by atoms with Crippen LogP contribution in [0.15, 0.2) is 46.0 Å². The van der Waals surface area contributed by atoms with Crippen LogP contribution in [-0.4, -0.2) is 19.7 Å². The first-order valence-electron chi connectivity index (χ1n) is 5.70. The molecule has 0 saturated heterocycles. The monoisotopic (exact) mass is 374 g/mol. The third kappa shape index (κ3) is 3.94. The number of nitrogens with zero attached hydrogens (tertiary/aromatic N) is 1. The Bertz CT molecular complexity index is 718. The lowest BCUT2D eigenvalue weighted by Crippen LogP contribution is -2.03. The average Bonchev–Trinajstić information content (AvgIpc) is 2.39. The molecule has 0 bridgehead atoms. The van der Waals surface area contributed by atoms with Gasteiger partial charge in [-0.05, 0) is 35.9 Å². The number of rotatable bonds is 4. The van der Waals surface area contributed by atoms with Gasteiger partial charge in [-0.15, -0.1) is 0 Å². The van der Waals surface area contributed by atoms with E-state index in [1.807, 2.05) is 12.1 Å². The molecule has 7 heteroatoms. The molecular weight excluding hydrogens is 364 g/mol. The number of hydrogen-bond acceptors (Lipinski definition) is 4. The molecule has 1 aromatic heterocycles. The second kappa shape index (κ2) is 6.11. The normalized spacial score (nSPS) is 11.3. The Labute approximate surface area is 131 Å². The molecule has 1 N–H and O–H groups in total. The predicted molar refractivity (Wildman–Crippen MR) is 83.8 cm³/mol. The third-order valence-corrected chi connectivity index (χ3v) is 4.62. The fraction of sp³-hybridized carbons (Fsp3) is 0.154. The van der Waals surface area contributed by atoms with E-state index in [0.29, 0.717) is 11.6 Å². The molecule has 0 aliphatic rings. The van der Waals surface area contributed by atoms with Crippen LogP contribution in [0.4, 0.5) is 5.69 Å². The van der Waals surface area contributed by atoms with Crippen LogP contribution < -0.4 is 5.32 Å². The van der Waals surface area contributed by atoms with Crippen molar-refractivity contribution in [2.45, 2.75) is 11.6 Å². The van der Waals surface area contributed by atoms with Gasteiger partial charge in [-0.1, -0.05) is 27.5 Å². The Morgan fingerprint density at radius 2 is 2.05 bits per heavy atom. The van der Waals surface area contributed by atoms with Crippen LogP contribution in [0.25, 0.3) is 0 Å². The summed E-state index contributed by atoms with van der Waals surface area (Å²) >= 11 is 9.39. The molecule has 0 aliphatic carbocycles. The van der Waals surface area contributed by atoms with E-state index in [-0.39, 0.29) is 5.03 Å². The Balaban J connectivity index is 2.10. The van der Waals surface area contributed by atoms with Gasteiger partial charge in [-0.2, -0.15) is 0 Å². The molecule has 20 heavy (non-hydrogen) atoms. The maximum atomic E-state index is 11.3. The third-order valence-electron chi connectivity index (χ3n) is 2.61. The second-order valence-electron chi connectivity index (χ2n) is 4.25. The number of benzene rings is 1. The van der Waals surface area contributed by atoms with Crippen molar-refractivity contribution in [3.8, 4) is 0 Å². The lowest BCUT2D eigenvalue weighted by Gasteiger charge is -2.09. The van der Waals surface area contributed by atoms with Crippen molar-refractivity contribution in [2.75, 3.05) is 11.6 Å². The summed E-state index contributed by atoms with van der Waals surface area (Å²) in [5.41, 5.74) is 1.74. The lowest BCUT2D eigenvalue weighted by atomic mass is 10.2. The second-order valence-corrected chi connectivity index (χ2v) is 7.50. The maximum Gasteiger partial charge on any atom is 0.192 e. The highest BCUT2D eigenvalue weighted by Crippen LogP contribution is 2.22. The molecule has 0 fully saturated rings. The van der Waals surface area contributed by atoms with Crippen LogP contribution in [0.2, 0.25) is 5.02 Å². The van der Waals surface area contributed by atoms with Crippen molar-refractivity contribution in [1.29, 1.82) is 0 Å². The summed E-state index contributed by atoms with van der Waals surface area (Å²) < 4.78 is 23.6. The molecule has 0 unspecified atom stereocenters. The molecule has 2 rings (SSSR count). The summed E-state index contributed by atoms with van der Waals surface area (Å²) in [7, 11) is -3.26. The molecule has 1 aromatic carbocycles. The highest BCUT2D eigenvalue weighted by Gasteiger charge is 2.08. The minimum atomic E-state index is -3.26. The summed E-state index contributed by atoms with van der Waals surface area (Å²) in [5.74, 6) is 0. The molecule has 2 aromatic rings. The summed E-state index contributed by atoms with van der Waals surface area (Å²) in [6.07, 6.45) is 2.63. The topological polar surface area (TPSA) is 59.1 Å². The fourth-order valence-electron chi connectivity index (χ4n) is 1.58. The molecule has 0 atom stereocenters. The summed E-state index contributed by atoms with van der Waals surface area (Å²) in [5, 5.41) is 3.89. The summed E-state index contributed by atoms with van der Waals surface area (Å²) in [6.45, 7) is 0.557. The van der Waals surface area contributed by atoms with Crippen LogP contribution in [-0.2, 0) is 16.4 Å². The maximum absolute atomic E-state index is 11.3. The van der Waals surface area contributed by atoms with Crippen molar-refractivity contribution in [3.05, 3.63) is 51.6 Å². The summed E-state index contributed by atoms with van der Waals surface area (Å²) in [6, 6.07) is 8.70. The van der Waals surface area contributed by atoms with Crippen LogP contribution >= 0.6 is 27.5 Å². The highest BCUT2D eigenvalue weighted by atomic mass is 79.9. The molecule has 0 radical (unpaired) electrons. The van der Waals surface area contributed by atoms with E-state index < -0.39 is 9.84 Å². The first kappa shape index (κ1) is 15.3. The minimum absolute atomic E-state index is 0.0620. The van der Waals surface area contributed by atoms with Crippen LogP contribution in [0, 0.1) is 0 Å². The quantitative estimate of drug-likeness (QED) is 0.888. The van der Waals surface area contributed by atoms with Gasteiger partial charge in [0.05, 0.1) is 11.9 Å². The molecule has 0 amide bonds. The van der Waals surface area contributed by atoms with E-state index in [0.717, 1.165) is 22.0 Å². The highest BCUT2D eigenvalue weighted by molar-refractivity contribution is 9.10. The smallest absolute Gasteiger partial charge is 0.192 e. The number of anilines is 1. The van der Waals surface area contributed by atoms with Crippen molar-refractivity contribution >= 4 is 43.1 Å². The van der Waals surface area contributed by atoms with E-state index in [1.54, 1.807) is 12.1 Å². The van der Waals surface area contributed by atoms with Crippen LogP contribution in [0.5, 0.6) is 0 Å². The zero-order chi connectivity index (χ0) is 14.8. The first-order chi connectivity index (χ1) is 9.36. The van der Waals surface area contributed by atoms with Gasteiger partial charge in [0.2, 0.25) is 0 Å². The van der Waals surface area contributed by atoms with E-state index in [9.17, 15) is 8.42 Å². The average molecular weight is 376 g/mol. The number of hydrogen-bond donors (Lipinski definition) is 1. The van der Waals surface area contributed by atoms with Gasteiger partial charge >= 0.3 is 0 Å². The fourth-order valence-corrected chi connectivity index (χ4v) is 2.72. The first-order valence-corrected chi connectivity index (χ1v) is 8.76. The Hall–Kier alpha value is -1.11. The van der Waals surface area contributed by atoms with Gasteiger partial charge in [0, 0.05) is 22.3 Å². The number of sulfone groups is 1. The van der Waals surface area contributed by atoms with Gasteiger partial charge in [-0.3, -0.25) is 0 Å². The van der Waals surface area contributed by atoms with Crippen molar-refractivity contribution in [3.63, 3.8) is 0 Å². The lowest BCUT2D eigenvalue weighted by molar-refractivity contribution is 0.598. The standard InChI is InChI=1S/C13H12BrClN2O2S/c1-20(18,19)13-5-3-11(8-17-13)16-7-9-6-10(15)2-4-12(9)14/h2-6,8,16H,7H2,1H3. The number of halogens is 2. The van der Waals surface area contributed by atoms with E-state index in [1.165, 1.54) is 12.3 Å². The zero-order valence-corrected chi connectivity index (χ0v) is 13.8. The Morgan fingerprint density at radius 1 is 1.30 bits per heavy atom. The predicted octanol–water partition coefficient (Wildman–Crippen LogP) is 3.51. The zero-order valence-electron chi connectivity index (χ0n) is 10.6. The van der Waals surface area contributed by atoms with Crippen molar-refractivity contribution in [2.24, 2.45) is 0 Å². The number of aromatic nitrogens is 1. The van der Waals surface area contributed by atoms with Crippen molar-refractivity contribution in [1.82, 2.24) is 4.98 Å². The molecule has 0 spiro atoms. The van der Waals surface area contributed by atoms with E-state index in [4.69, 9.17) is 11.6 Å². The molecule has 106 valence electrons. The number of pyridine rings is 1. The van der Waals surface area contributed by atoms with Crippen LogP contribution in [0.3, 0.4) is 0 Å². The molecular formula is C13H12BrClN2O2S. The largest absolute Gasteiger partial charge is 0.380 e. The van der Waals surface area contributed by atoms with Gasteiger partial charge in [0.25, 0.3) is 0 Å². The summed E-state index contributed by atoms with van der Waals surface area (Å²) in [4.78, 5) is 3.91. The van der Waals surface area contributed by atoms with Gasteiger partial charge < -0.3 is 5.32 Å². The Morgan fingerprint density at radius 3 is 2.65 bits per heavy atom. The Kier molecular flexibility index (Phi) is 4.67. The van der Waals surface area contributed by atoms with Crippen LogP contribution in [0.1, 0.15) is 5.56 Å². The van der Waals surface area contributed by atoms with Gasteiger partial charge in [-0.25, -0.2) is 13.4 Å². The molecule has 0 saturated carbocycles. The molecule has 0 aliphatic heterocycles. The van der Waals surface area contributed by atoms with E-state index in [2.05, 4.69) is 26.2 Å². The van der Waals surface area contributed by atoms with Gasteiger partial charge in [0.15, 0.2) is 14.9 Å². The van der Waals surface area contributed by atoms with E-state index >= 15 is 0 Å².